The molecular formula is C23H30N4O4. The van der Waals surface area contributed by atoms with Crippen LogP contribution in [0.3, 0.4) is 0 Å². The van der Waals surface area contributed by atoms with Crippen molar-refractivity contribution in [1.29, 1.82) is 0 Å². The number of nitrogens with zero attached hydrogens (tertiary/aromatic N) is 1. The van der Waals surface area contributed by atoms with Gasteiger partial charge in [-0.25, -0.2) is 4.79 Å². The number of nitrogens with one attached hydrogen (secondary N) is 3. The zero-order valence-corrected chi connectivity index (χ0v) is 18.1. The second-order valence-electron chi connectivity index (χ2n) is 7.81. The standard InChI is InChI=1S/C23H30N4O4/c1-15-13-27(16(2)14-28)22(29)18-10-7-11-19(21(18)31-20(15)12-24-3)26-23(30)25-17-8-5-4-6-9-17/h4-11,15-16,20,24,28H,12-14H2,1-3H3,(H2,25,26,30)/t15-,16+,20+/m0/s1. The molecule has 1 heterocycles. The van der Waals surface area contributed by atoms with E-state index in [-0.39, 0.29) is 30.6 Å². The number of rotatable bonds is 6. The van der Waals surface area contributed by atoms with Gasteiger partial charge >= 0.3 is 6.03 Å². The third-order valence-corrected chi connectivity index (χ3v) is 5.38. The number of hydrogen-bond donors (Lipinski definition) is 4. The summed E-state index contributed by atoms with van der Waals surface area (Å²) in [6.45, 7) is 4.72. The third-order valence-electron chi connectivity index (χ3n) is 5.38. The van der Waals surface area contributed by atoms with Crippen LogP contribution in [0.2, 0.25) is 0 Å². The first-order chi connectivity index (χ1) is 14.9. The summed E-state index contributed by atoms with van der Waals surface area (Å²) in [5, 5.41) is 18.4. The number of ether oxygens (including phenoxy) is 1. The van der Waals surface area contributed by atoms with Gasteiger partial charge in [0.15, 0.2) is 5.75 Å². The molecular weight excluding hydrogens is 396 g/mol. The van der Waals surface area contributed by atoms with E-state index >= 15 is 0 Å². The summed E-state index contributed by atoms with van der Waals surface area (Å²) < 4.78 is 6.29. The predicted molar refractivity (Wildman–Crippen MR) is 121 cm³/mol. The van der Waals surface area contributed by atoms with Crippen molar-refractivity contribution in [2.75, 3.05) is 37.4 Å². The molecule has 31 heavy (non-hydrogen) atoms. The van der Waals surface area contributed by atoms with Crippen LogP contribution in [0, 0.1) is 5.92 Å². The Morgan fingerprint density at radius 2 is 1.94 bits per heavy atom. The number of para-hydroxylation sites is 2. The Labute approximate surface area is 182 Å². The number of aliphatic hydroxyl groups is 1. The molecule has 1 aliphatic rings. The summed E-state index contributed by atoms with van der Waals surface area (Å²) in [6, 6.07) is 13.4. The van der Waals surface area contributed by atoms with E-state index in [2.05, 4.69) is 16.0 Å². The van der Waals surface area contributed by atoms with Crippen LogP contribution in [0.4, 0.5) is 16.2 Å². The van der Waals surface area contributed by atoms with Crippen molar-refractivity contribution in [3.05, 3.63) is 54.1 Å². The smallest absolute Gasteiger partial charge is 0.323 e. The molecule has 0 aromatic heterocycles. The van der Waals surface area contributed by atoms with Crippen molar-refractivity contribution in [2.45, 2.75) is 26.0 Å². The molecule has 0 bridgehead atoms. The van der Waals surface area contributed by atoms with Crippen molar-refractivity contribution in [1.82, 2.24) is 10.2 Å². The molecule has 2 aromatic rings. The van der Waals surface area contributed by atoms with E-state index in [9.17, 15) is 14.7 Å². The van der Waals surface area contributed by atoms with Gasteiger partial charge in [-0.1, -0.05) is 31.2 Å². The van der Waals surface area contributed by atoms with Crippen LogP contribution in [0.1, 0.15) is 24.2 Å². The van der Waals surface area contributed by atoms with Gasteiger partial charge in [0, 0.05) is 24.7 Å². The number of carbonyl (C=O) groups is 2. The first-order valence-corrected chi connectivity index (χ1v) is 10.4. The van der Waals surface area contributed by atoms with Gasteiger partial charge in [0.1, 0.15) is 6.10 Å². The number of benzene rings is 2. The molecule has 1 aliphatic heterocycles. The zero-order chi connectivity index (χ0) is 22.4. The fraction of sp³-hybridized carbons (Fsp3) is 0.391. The number of fused-ring (bicyclic) bond motifs is 1. The predicted octanol–water partition coefficient (Wildman–Crippen LogP) is 2.77. The largest absolute Gasteiger partial charge is 0.486 e. The zero-order valence-electron chi connectivity index (χ0n) is 18.1. The molecule has 0 spiro atoms. The van der Waals surface area contributed by atoms with E-state index in [4.69, 9.17) is 4.74 Å². The number of hydrogen-bond acceptors (Lipinski definition) is 5. The van der Waals surface area contributed by atoms with E-state index in [1.807, 2.05) is 39.1 Å². The van der Waals surface area contributed by atoms with Crippen LogP contribution in [-0.4, -0.2) is 60.8 Å². The lowest BCUT2D eigenvalue weighted by molar-refractivity contribution is 0.0417. The van der Waals surface area contributed by atoms with Gasteiger partial charge in [0.05, 0.1) is 23.9 Å². The highest BCUT2D eigenvalue weighted by Gasteiger charge is 2.33. The molecule has 3 atom stereocenters. The van der Waals surface area contributed by atoms with Crippen LogP contribution in [0.15, 0.2) is 48.5 Å². The normalized spacial score (nSPS) is 19.5. The highest BCUT2D eigenvalue weighted by molar-refractivity contribution is 6.04. The molecule has 8 nitrogen and oxygen atoms in total. The molecule has 166 valence electrons. The van der Waals surface area contributed by atoms with Crippen LogP contribution >= 0.6 is 0 Å². The summed E-state index contributed by atoms with van der Waals surface area (Å²) >= 11 is 0. The van der Waals surface area contributed by atoms with Crippen molar-refractivity contribution in [2.24, 2.45) is 5.92 Å². The quantitative estimate of drug-likeness (QED) is 0.569. The average Bonchev–Trinajstić information content (AvgIpc) is 2.76. The Morgan fingerprint density at radius 3 is 2.61 bits per heavy atom. The van der Waals surface area contributed by atoms with Gasteiger partial charge in [0.25, 0.3) is 5.91 Å². The number of urea groups is 1. The maximum absolute atomic E-state index is 13.3. The number of amides is 3. The van der Waals surface area contributed by atoms with Gasteiger partial charge in [-0.05, 0) is 38.2 Å². The third kappa shape index (κ3) is 5.34. The lowest BCUT2D eigenvalue weighted by Crippen LogP contribution is -2.49. The molecule has 3 amide bonds. The monoisotopic (exact) mass is 426 g/mol. The maximum atomic E-state index is 13.3. The second kappa shape index (κ2) is 10.3. The molecule has 0 saturated heterocycles. The molecule has 0 saturated carbocycles. The number of likely N-dealkylation sites (N-methyl/N-ethyl adjacent to an activating group) is 1. The highest BCUT2D eigenvalue weighted by Crippen LogP contribution is 2.34. The summed E-state index contributed by atoms with van der Waals surface area (Å²) in [4.78, 5) is 27.6. The maximum Gasteiger partial charge on any atom is 0.323 e. The molecule has 4 N–H and O–H groups in total. The number of carbonyl (C=O) groups excluding carboxylic acids is 2. The van der Waals surface area contributed by atoms with E-state index in [0.717, 1.165) is 0 Å². The second-order valence-corrected chi connectivity index (χ2v) is 7.81. The fourth-order valence-corrected chi connectivity index (χ4v) is 3.59. The van der Waals surface area contributed by atoms with Crippen LogP contribution in [0.5, 0.6) is 5.75 Å². The molecule has 3 rings (SSSR count). The number of aliphatic hydroxyl groups excluding tert-OH is 1. The molecule has 0 unspecified atom stereocenters. The molecule has 0 radical (unpaired) electrons. The average molecular weight is 427 g/mol. The summed E-state index contributed by atoms with van der Waals surface area (Å²) in [5.41, 5.74) is 1.41. The van der Waals surface area contributed by atoms with Crippen molar-refractivity contribution < 1.29 is 19.4 Å². The van der Waals surface area contributed by atoms with E-state index < -0.39 is 6.03 Å². The van der Waals surface area contributed by atoms with Crippen molar-refractivity contribution >= 4 is 23.3 Å². The number of anilines is 2. The minimum Gasteiger partial charge on any atom is -0.486 e. The topological polar surface area (TPSA) is 103 Å². The lowest BCUT2D eigenvalue weighted by atomic mass is 9.99. The first kappa shape index (κ1) is 22.6. The first-order valence-electron chi connectivity index (χ1n) is 10.4. The van der Waals surface area contributed by atoms with Crippen molar-refractivity contribution in [3.63, 3.8) is 0 Å². The Bertz CT molecular complexity index is 906. The van der Waals surface area contributed by atoms with Gasteiger partial charge in [-0.2, -0.15) is 0 Å². The van der Waals surface area contributed by atoms with Crippen LogP contribution in [-0.2, 0) is 0 Å². The SMILES string of the molecule is CNC[C@H]1Oc2c(NC(=O)Nc3ccccc3)cccc2C(=O)N([C@H](C)CO)C[C@@H]1C. The van der Waals surface area contributed by atoms with Gasteiger partial charge in [-0.3, -0.25) is 4.79 Å². The van der Waals surface area contributed by atoms with E-state index in [0.29, 0.717) is 35.8 Å². The Kier molecular flexibility index (Phi) is 7.49. The van der Waals surface area contributed by atoms with Crippen LogP contribution < -0.4 is 20.7 Å². The highest BCUT2D eigenvalue weighted by atomic mass is 16.5. The lowest BCUT2D eigenvalue weighted by Gasteiger charge is -2.37. The van der Waals surface area contributed by atoms with Crippen LogP contribution in [0.25, 0.3) is 0 Å². The Morgan fingerprint density at radius 1 is 1.19 bits per heavy atom. The Hall–Kier alpha value is -3.10. The van der Waals surface area contributed by atoms with Gasteiger partial charge in [0.2, 0.25) is 0 Å². The minimum absolute atomic E-state index is 0.00440. The molecule has 0 fully saturated rings. The molecule has 8 heteroatoms. The van der Waals surface area contributed by atoms with E-state index in [1.165, 1.54) is 0 Å². The minimum atomic E-state index is -0.434. The molecule has 2 aromatic carbocycles. The summed E-state index contributed by atoms with van der Waals surface area (Å²) in [7, 11) is 1.84. The van der Waals surface area contributed by atoms with E-state index in [1.54, 1.807) is 35.2 Å². The molecule has 0 aliphatic carbocycles. The summed E-state index contributed by atoms with van der Waals surface area (Å²) in [6.07, 6.45) is -0.231. The van der Waals surface area contributed by atoms with Gasteiger partial charge in [-0.15, -0.1) is 0 Å². The van der Waals surface area contributed by atoms with Crippen molar-refractivity contribution in [3.8, 4) is 5.75 Å². The van der Waals surface area contributed by atoms with Gasteiger partial charge < -0.3 is 30.7 Å². The Balaban J connectivity index is 1.95. The fourth-order valence-electron chi connectivity index (χ4n) is 3.59. The summed E-state index contributed by atoms with van der Waals surface area (Å²) in [5.74, 6) is 0.0980.